The maximum Gasteiger partial charge on any atom is 0.494 e. The molecule has 0 radical (unpaired) electrons. The Hall–Kier alpha value is -1.40. The van der Waals surface area contributed by atoms with Crippen LogP contribution in [0.2, 0.25) is 0 Å². The van der Waals surface area contributed by atoms with Crippen LogP contribution < -0.4 is 10.4 Å². The lowest BCUT2D eigenvalue weighted by atomic mass is 9.79. The summed E-state index contributed by atoms with van der Waals surface area (Å²) in [6.45, 7) is 8.42. The number of benzene rings is 1. The number of carbonyl (C=O) groups is 1. The molecule has 3 rings (SSSR count). The van der Waals surface area contributed by atoms with Crippen LogP contribution in [0.4, 0.5) is 10.1 Å². The van der Waals surface area contributed by atoms with Crippen molar-refractivity contribution in [2.24, 2.45) is 0 Å². The van der Waals surface area contributed by atoms with Crippen molar-refractivity contribution in [1.82, 2.24) is 0 Å². The lowest BCUT2D eigenvalue weighted by Crippen LogP contribution is -2.41. The summed E-state index contributed by atoms with van der Waals surface area (Å²) in [6.07, 6.45) is 2.27. The van der Waals surface area contributed by atoms with Gasteiger partial charge in [-0.2, -0.15) is 0 Å². The average Bonchev–Trinajstić information content (AvgIpc) is 2.68. The maximum absolute atomic E-state index is 14.5. The first-order valence-corrected chi connectivity index (χ1v) is 8.17. The van der Waals surface area contributed by atoms with E-state index in [4.69, 9.17) is 9.31 Å². The van der Waals surface area contributed by atoms with E-state index in [9.17, 15) is 9.18 Å². The Morgan fingerprint density at radius 2 is 1.78 bits per heavy atom. The molecule has 0 aromatic heterocycles. The van der Waals surface area contributed by atoms with Crippen molar-refractivity contribution in [2.75, 3.05) is 11.4 Å². The molecule has 1 amide bonds. The van der Waals surface area contributed by atoms with Crippen molar-refractivity contribution in [3.63, 3.8) is 0 Å². The molecule has 0 spiro atoms. The van der Waals surface area contributed by atoms with E-state index in [0.717, 1.165) is 12.8 Å². The van der Waals surface area contributed by atoms with E-state index in [0.29, 0.717) is 24.1 Å². The van der Waals surface area contributed by atoms with Crippen molar-refractivity contribution in [3.8, 4) is 0 Å². The number of carbonyl (C=O) groups excluding carboxylic acids is 1. The Balaban J connectivity index is 1.84. The van der Waals surface area contributed by atoms with E-state index in [-0.39, 0.29) is 5.91 Å². The first-order valence-electron chi connectivity index (χ1n) is 8.17. The van der Waals surface area contributed by atoms with E-state index >= 15 is 0 Å². The van der Waals surface area contributed by atoms with Crippen LogP contribution in [0, 0.1) is 5.82 Å². The third kappa shape index (κ3) is 2.90. The van der Waals surface area contributed by atoms with Crippen LogP contribution in [0.15, 0.2) is 18.2 Å². The van der Waals surface area contributed by atoms with Crippen LogP contribution in [0.25, 0.3) is 0 Å². The molecule has 2 aliphatic rings. The molecule has 23 heavy (non-hydrogen) atoms. The molecule has 0 aliphatic carbocycles. The fourth-order valence-electron chi connectivity index (χ4n) is 2.93. The van der Waals surface area contributed by atoms with E-state index in [1.165, 1.54) is 11.0 Å². The molecule has 0 N–H and O–H groups in total. The SMILES string of the molecule is CC1(C)OB(c2ccc(N3CCCCC3=O)c(F)c2)OC1(C)C. The van der Waals surface area contributed by atoms with Crippen LogP contribution >= 0.6 is 0 Å². The highest BCUT2D eigenvalue weighted by Gasteiger charge is 2.51. The van der Waals surface area contributed by atoms with Gasteiger partial charge in [0.2, 0.25) is 5.91 Å². The molecule has 4 nitrogen and oxygen atoms in total. The molecule has 2 fully saturated rings. The van der Waals surface area contributed by atoms with Crippen molar-refractivity contribution >= 4 is 24.2 Å². The van der Waals surface area contributed by atoms with Crippen molar-refractivity contribution in [2.45, 2.75) is 58.2 Å². The zero-order chi connectivity index (χ0) is 16.8. The number of amides is 1. The van der Waals surface area contributed by atoms with Gasteiger partial charge in [0.15, 0.2) is 0 Å². The Morgan fingerprint density at radius 3 is 2.35 bits per heavy atom. The van der Waals surface area contributed by atoms with Gasteiger partial charge in [-0.25, -0.2) is 4.39 Å². The monoisotopic (exact) mass is 319 g/mol. The quantitative estimate of drug-likeness (QED) is 0.787. The minimum absolute atomic E-state index is 0.0152. The molecule has 0 atom stereocenters. The molecule has 0 saturated carbocycles. The number of halogens is 1. The number of nitrogens with zero attached hydrogens (tertiary/aromatic N) is 1. The molecule has 1 aromatic carbocycles. The fourth-order valence-corrected chi connectivity index (χ4v) is 2.93. The number of anilines is 1. The summed E-state index contributed by atoms with van der Waals surface area (Å²) >= 11 is 0. The van der Waals surface area contributed by atoms with Crippen molar-refractivity contribution in [3.05, 3.63) is 24.0 Å². The molecule has 124 valence electrons. The van der Waals surface area contributed by atoms with Gasteiger partial charge >= 0.3 is 7.12 Å². The highest BCUT2D eigenvalue weighted by Crippen LogP contribution is 2.36. The maximum atomic E-state index is 14.5. The van der Waals surface area contributed by atoms with Crippen LogP contribution in [0.5, 0.6) is 0 Å². The first-order chi connectivity index (χ1) is 10.7. The lowest BCUT2D eigenvalue weighted by molar-refractivity contribution is -0.119. The number of hydrogen-bond acceptors (Lipinski definition) is 3. The molecular formula is C17H23BFNO3. The summed E-state index contributed by atoms with van der Waals surface area (Å²) in [7, 11) is -0.597. The van der Waals surface area contributed by atoms with E-state index < -0.39 is 24.1 Å². The van der Waals surface area contributed by atoms with Gasteiger partial charge in [-0.05, 0) is 58.1 Å². The zero-order valence-electron chi connectivity index (χ0n) is 14.2. The summed E-state index contributed by atoms with van der Waals surface area (Å²) in [5.41, 5.74) is 0.0509. The smallest absolute Gasteiger partial charge is 0.399 e. The molecule has 0 unspecified atom stereocenters. The van der Waals surface area contributed by atoms with Crippen LogP contribution in [-0.2, 0) is 14.1 Å². The third-order valence-corrected chi connectivity index (χ3v) is 5.11. The Labute approximate surface area is 137 Å². The van der Waals surface area contributed by atoms with Gasteiger partial charge in [0.05, 0.1) is 16.9 Å². The summed E-state index contributed by atoms with van der Waals surface area (Å²) in [5.74, 6) is -0.425. The predicted octanol–water partition coefficient (Wildman–Crippen LogP) is 2.64. The van der Waals surface area contributed by atoms with Crippen LogP contribution in [0.3, 0.4) is 0 Å². The minimum atomic E-state index is -0.597. The topological polar surface area (TPSA) is 38.8 Å². The summed E-state index contributed by atoms with van der Waals surface area (Å²) < 4.78 is 26.4. The number of rotatable bonds is 2. The largest absolute Gasteiger partial charge is 0.494 e. The number of hydrogen-bond donors (Lipinski definition) is 0. The van der Waals surface area contributed by atoms with Crippen LogP contribution in [0.1, 0.15) is 47.0 Å². The molecular weight excluding hydrogens is 296 g/mol. The van der Waals surface area contributed by atoms with Gasteiger partial charge in [0.1, 0.15) is 5.82 Å². The molecule has 2 saturated heterocycles. The Bertz CT molecular complexity index is 616. The normalized spacial score (nSPS) is 23.4. The summed E-state index contributed by atoms with van der Waals surface area (Å²) in [6, 6.07) is 4.85. The predicted molar refractivity (Wildman–Crippen MR) is 88.3 cm³/mol. The second kappa shape index (κ2) is 5.60. The zero-order valence-corrected chi connectivity index (χ0v) is 14.2. The Morgan fingerprint density at radius 1 is 1.13 bits per heavy atom. The standard InChI is InChI=1S/C17H23BFNO3/c1-16(2)17(3,4)23-18(22-16)12-8-9-14(13(19)11-12)20-10-6-5-7-15(20)21/h8-9,11H,5-7,10H2,1-4H3. The molecule has 0 bridgehead atoms. The fraction of sp³-hybridized carbons (Fsp3) is 0.588. The van der Waals surface area contributed by atoms with Crippen molar-refractivity contribution in [1.29, 1.82) is 0 Å². The summed E-state index contributed by atoms with van der Waals surface area (Å²) in [4.78, 5) is 13.5. The van der Waals surface area contributed by atoms with E-state index in [1.807, 2.05) is 27.7 Å². The van der Waals surface area contributed by atoms with Gasteiger partial charge in [-0.3, -0.25) is 4.79 Å². The average molecular weight is 319 g/mol. The second-order valence-electron chi connectivity index (χ2n) is 7.30. The van der Waals surface area contributed by atoms with E-state index in [1.54, 1.807) is 12.1 Å². The first kappa shape index (κ1) is 16.5. The lowest BCUT2D eigenvalue weighted by Gasteiger charge is -2.32. The second-order valence-corrected chi connectivity index (χ2v) is 7.30. The molecule has 2 aliphatic heterocycles. The molecule has 6 heteroatoms. The Kier molecular flexibility index (Phi) is 4.01. The molecule has 2 heterocycles. The minimum Gasteiger partial charge on any atom is -0.399 e. The van der Waals surface area contributed by atoms with Gasteiger partial charge in [0.25, 0.3) is 0 Å². The number of piperidine rings is 1. The van der Waals surface area contributed by atoms with Crippen LogP contribution in [-0.4, -0.2) is 30.8 Å². The van der Waals surface area contributed by atoms with E-state index in [2.05, 4.69) is 0 Å². The van der Waals surface area contributed by atoms with Gasteiger partial charge in [-0.15, -0.1) is 0 Å². The van der Waals surface area contributed by atoms with Gasteiger partial charge < -0.3 is 14.2 Å². The highest BCUT2D eigenvalue weighted by molar-refractivity contribution is 6.62. The highest BCUT2D eigenvalue weighted by atomic mass is 19.1. The van der Waals surface area contributed by atoms with Gasteiger partial charge in [0, 0.05) is 13.0 Å². The third-order valence-electron chi connectivity index (χ3n) is 5.11. The van der Waals surface area contributed by atoms with Gasteiger partial charge in [-0.1, -0.05) is 6.07 Å². The molecule has 1 aromatic rings. The summed E-state index contributed by atoms with van der Waals surface area (Å²) in [5, 5.41) is 0. The van der Waals surface area contributed by atoms with Crippen molar-refractivity contribution < 1.29 is 18.5 Å².